The van der Waals surface area contributed by atoms with Crippen molar-refractivity contribution >= 4 is 22.5 Å². The van der Waals surface area contributed by atoms with Gasteiger partial charge in [0.2, 0.25) is 0 Å². The van der Waals surface area contributed by atoms with E-state index >= 15 is 0 Å². The number of aromatic amines is 1. The molecule has 0 spiro atoms. The quantitative estimate of drug-likeness (QED) is 0.890. The first-order valence-electron chi connectivity index (χ1n) is 6.80. The number of H-pyrrole nitrogens is 1. The van der Waals surface area contributed by atoms with E-state index < -0.39 is 0 Å². The summed E-state index contributed by atoms with van der Waals surface area (Å²) < 4.78 is 0. The molecule has 0 unspecified atom stereocenters. The van der Waals surface area contributed by atoms with Gasteiger partial charge in [0.25, 0.3) is 5.56 Å². The summed E-state index contributed by atoms with van der Waals surface area (Å²) in [5.41, 5.74) is 0.742. The molecular formula is C15H20ClN3O. The molecule has 0 saturated heterocycles. The van der Waals surface area contributed by atoms with Crippen molar-refractivity contribution in [2.24, 2.45) is 5.41 Å². The van der Waals surface area contributed by atoms with Crippen LogP contribution in [0.5, 0.6) is 0 Å². The smallest absolute Gasteiger partial charge is 0.258 e. The molecule has 20 heavy (non-hydrogen) atoms. The summed E-state index contributed by atoms with van der Waals surface area (Å²) in [5, 5.41) is 4.48. The number of hydrogen-bond donors (Lipinski definition) is 2. The molecule has 1 aromatic heterocycles. The molecule has 5 heteroatoms. The van der Waals surface area contributed by atoms with Crippen molar-refractivity contribution in [1.29, 1.82) is 0 Å². The van der Waals surface area contributed by atoms with Crippen LogP contribution in [0.2, 0.25) is 5.02 Å². The number of hydrogen-bond acceptors (Lipinski definition) is 3. The molecule has 0 aliphatic carbocycles. The lowest BCUT2D eigenvalue weighted by atomic mass is 9.90. The monoisotopic (exact) mass is 293 g/mol. The van der Waals surface area contributed by atoms with Crippen LogP contribution in [0.25, 0.3) is 10.9 Å². The Hall–Kier alpha value is -1.39. The Bertz CT molecular complexity index is 664. The molecule has 4 nitrogen and oxygen atoms in total. The molecule has 0 amide bonds. The minimum absolute atomic E-state index is 0.127. The molecule has 0 bridgehead atoms. The number of fused-ring (bicyclic) bond motifs is 1. The number of rotatable bonds is 5. The zero-order valence-electron chi connectivity index (χ0n) is 12.1. The first-order chi connectivity index (χ1) is 9.41. The normalized spacial score (nSPS) is 12.0. The van der Waals surface area contributed by atoms with Crippen LogP contribution in [0.4, 0.5) is 0 Å². The van der Waals surface area contributed by atoms with E-state index in [0.717, 1.165) is 13.0 Å². The molecule has 2 aromatic rings. The van der Waals surface area contributed by atoms with Crippen molar-refractivity contribution in [1.82, 2.24) is 15.3 Å². The van der Waals surface area contributed by atoms with Gasteiger partial charge in [-0.1, -0.05) is 32.4 Å². The molecule has 108 valence electrons. The van der Waals surface area contributed by atoms with E-state index in [-0.39, 0.29) is 11.0 Å². The summed E-state index contributed by atoms with van der Waals surface area (Å²) in [5.74, 6) is 0.636. The van der Waals surface area contributed by atoms with Gasteiger partial charge in [-0.15, -0.1) is 0 Å². The minimum atomic E-state index is -0.127. The summed E-state index contributed by atoms with van der Waals surface area (Å²) in [6, 6.07) is 5.11. The summed E-state index contributed by atoms with van der Waals surface area (Å²) in [4.78, 5) is 19.2. The van der Waals surface area contributed by atoms with Gasteiger partial charge in [0.1, 0.15) is 5.82 Å². The lowest BCUT2D eigenvalue weighted by Crippen LogP contribution is -2.29. The van der Waals surface area contributed by atoms with Crippen LogP contribution in [0.1, 0.15) is 33.0 Å². The Balaban J connectivity index is 2.17. The van der Waals surface area contributed by atoms with Crippen LogP contribution in [-0.4, -0.2) is 16.5 Å². The maximum atomic E-state index is 12.0. The van der Waals surface area contributed by atoms with Gasteiger partial charge in [0.15, 0.2) is 0 Å². The lowest BCUT2D eigenvalue weighted by molar-refractivity contribution is 0.326. The second kappa shape index (κ2) is 5.94. The van der Waals surface area contributed by atoms with Crippen LogP contribution in [0.3, 0.4) is 0 Å². The third-order valence-corrected chi connectivity index (χ3v) is 3.81. The van der Waals surface area contributed by atoms with Gasteiger partial charge in [-0.25, -0.2) is 4.98 Å². The van der Waals surface area contributed by atoms with Crippen LogP contribution in [0, 0.1) is 5.41 Å². The van der Waals surface area contributed by atoms with E-state index in [9.17, 15) is 4.79 Å². The highest BCUT2D eigenvalue weighted by molar-refractivity contribution is 6.31. The standard InChI is InChI=1S/C15H20ClN3O/c1-4-15(2,3)9-17-8-13-18-12-7-10(16)5-6-11(12)14(20)19-13/h5-7,17H,4,8-9H2,1-3H3,(H,18,19,20). The van der Waals surface area contributed by atoms with Crippen LogP contribution >= 0.6 is 11.6 Å². The van der Waals surface area contributed by atoms with Crippen molar-refractivity contribution in [3.8, 4) is 0 Å². The molecule has 0 atom stereocenters. The Kier molecular flexibility index (Phi) is 4.45. The largest absolute Gasteiger partial charge is 0.309 e. The summed E-state index contributed by atoms with van der Waals surface area (Å²) in [6.07, 6.45) is 1.09. The van der Waals surface area contributed by atoms with Crippen molar-refractivity contribution < 1.29 is 0 Å². The molecule has 0 radical (unpaired) electrons. The Morgan fingerprint density at radius 1 is 1.40 bits per heavy atom. The average molecular weight is 294 g/mol. The number of nitrogens with one attached hydrogen (secondary N) is 2. The molecule has 0 saturated carbocycles. The highest BCUT2D eigenvalue weighted by atomic mass is 35.5. The number of nitrogens with zero attached hydrogens (tertiary/aromatic N) is 1. The van der Waals surface area contributed by atoms with E-state index in [1.807, 2.05) is 0 Å². The first-order valence-corrected chi connectivity index (χ1v) is 7.18. The molecular weight excluding hydrogens is 274 g/mol. The van der Waals surface area contributed by atoms with Gasteiger partial charge in [-0.2, -0.15) is 0 Å². The zero-order valence-corrected chi connectivity index (χ0v) is 12.8. The van der Waals surface area contributed by atoms with Crippen LogP contribution in [0.15, 0.2) is 23.0 Å². The molecule has 0 aliphatic rings. The third-order valence-electron chi connectivity index (χ3n) is 3.57. The van der Waals surface area contributed by atoms with Gasteiger partial charge >= 0.3 is 0 Å². The third kappa shape index (κ3) is 3.58. The summed E-state index contributed by atoms with van der Waals surface area (Å²) >= 11 is 5.94. The molecule has 0 aliphatic heterocycles. The Morgan fingerprint density at radius 3 is 2.85 bits per heavy atom. The predicted molar refractivity (Wildman–Crippen MR) is 83.2 cm³/mol. The number of aromatic nitrogens is 2. The highest BCUT2D eigenvalue weighted by Crippen LogP contribution is 2.18. The van der Waals surface area contributed by atoms with Crippen molar-refractivity contribution in [2.45, 2.75) is 33.7 Å². The van der Waals surface area contributed by atoms with Gasteiger partial charge in [-0.05, 0) is 30.0 Å². The Labute approximate surface area is 123 Å². The van der Waals surface area contributed by atoms with Gasteiger partial charge < -0.3 is 10.3 Å². The average Bonchev–Trinajstić information content (AvgIpc) is 2.38. The van der Waals surface area contributed by atoms with Gasteiger partial charge in [0, 0.05) is 11.6 Å². The fourth-order valence-electron chi connectivity index (χ4n) is 1.89. The summed E-state index contributed by atoms with van der Waals surface area (Å²) in [7, 11) is 0. The fraction of sp³-hybridized carbons (Fsp3) is 0.467. The van der Waals surface area contributed by atoms with E-state index in [0.29, 0.717) is 28.3 Å². The van der Waals surface area contributed by atoms with Gasteiger partial charge in [0.05, 0.1) is 17.4 Å². The molecule has 1 aromatic carbocycles. The van der Waals surface area contributed by atoms with Crippen LogP contribution < -0.4 is 10.9 Å². The van der Waals surface area contributed by atoms with Crippen LogP contribution in [-0.2, 0) is 6.54 Å². The summed E-state index contributed by atoms with van der Waals surface area (Å²) in [6.45, 7) is 7.99. The Morgan fingerprint density at radius 2 is 2.15 bits per heavy atom. The zero-order chi connectivity index (χ0) is 14.8. The van der Waals surface area contributed by atoms with Crippen molar-refractivity contribution in [3.05, 3.63) is 39.4 Å². The molecule has 0 fully saturated rings. The highest BCUT2D eigenvalue weighted by Gasteiger charge is 2.14. The second-order valence-electron chi connectivity index (χ2n) is 5.80. The van der Waals surface area contributed by atoms with Gasteiger partial charge in [-0.3, -0.25) is 4.79 Å². The SMILES string of the molecule is CCC(C)(C)CNCc1nc2cc(Cl)ccc2c(=O)[nH]1. The second-order valence-corrected chi connectivity index (χ2v) is 6.23. The van der Waals surface area contributed by atoms with E-state index in [2.05, 4.69) is 36.1 Å². The number of benzene rings is 1. The first kappa shape index (κ1) is 15.0. The topological polar surface area (TPSA) is 57.8 Å². The van der Waals surface area contributed by atoms with Crippen molar-refractivity contribution in [3.63, 3.8) is 0 Å². The lowest BCUT2D eigenvalue weighted by Gasteiger charge is -2.22. The minimum Gasteiger partial charge on any atom is -0.309 e. The number of halogens is 1. The maximum Gasteiger partial charge on any atom is 0.258 e. The molecule has 2 N–H and O–H groups in total. The molecule has 1 heterocycles. The van der Waals surface area contributed by atoms with Crippen molar-refractivity contribution in [2.75, 3.05) is 6.54 Å². The maximum absolute atomic E-state index is 12.0. The van der Waals surface area contributed by atoms with E-state index in [4.69, 9.17) is 11.6 Å². The van der Waals surface area contributed by atoms with E-state index in [1.165, 1.54) is 0 Å². The van der Waals surface area contributed by atoms with E-state index in [1.54, 1.807) is 18.2 Å². The predicted octanol–water partition coefficient (Wildman–Crippen LogP) is 3.10. The molecule has 2 rings (SSSR count). The fourth-order valence-corrected chi connectivity index (χ4v) is 2.06.